The number of aliphatic hydroxyl groups is 2. The fourth-order valence-electron chi connectivity index (χ4n) is 4.83. The van der Waals surface area contributed by atoms with Crippen molar-refractivity contribution in [3.63, 3.8) is 0 Å². The monoisotopic (exact) mass is 500 g/mol. The second kappa shape index (κ2) is 11.7. The number of Topliss-reactive ketones (excluding diaryl/α,β-unsaturated/α-hetero) is 1. The van der Waals surface area contributed by atoms with E-state index < -0.39 is 35.6 Å². The van der Waals surface area contributed by atoms with Gasteiger partial charge in [0.2, 0.25) is 5.89 Å². The Morgan fingerprint density at radius 3 is 2.61 bits per heavy atom. The SMILES string of the molecule is C/C1=C\C[C@@H](c2ccc3oc(CN)nc3c2)OC(=O)C[C@H](O)C(C)(C)C(=O)[C@H](C)[C@@H](O)[C@@H](C)CCC1. The van der Waals surface area contributed by atoms with Crippen LogP contribution in [-0.2, 0) is 20.9 Å². The molecule has 1 aromatic heterocycles. The van der Waals surface area contributed by atoms with Crippen LogP contribution in [0.3, 0.4) is 0 Å². The number of hydrogen-bond donors (Lipinski definition) is 3. The van der Waals surface area contributed by atoms with E-state index in [1.54, 1.807) is 26.8 Å². The number of nitrogens with two attached hydrogens (primary N) is 1. The van der Waals surface area contributed by atoms with Gasteiger partial charge in [-0.1, -0.05) is 45.4 Å². The molecule has 4 N–H and O–H groups in total. The quantitative estimate of drug-likeness (QED) is 0.408. The molecule has 2 aromatic rings. The van der Waals surface area contributed by atoms with Crippen molar-refractivity contribution in [3.05, 3.63) is 41.3 Å². The maximum Gasteiger partial charge on any atom is 0.309 e. The number of rotatable bonds is 2. The first-order valence-corrected chi connectivity index (χ1v) is 12.8. The molecule has 0 saturated heterocycles. The van der Waals surface area contributed by atoms with Gasteiger partial charge in [0.05, 0.1) is 30.6 Å². The molecule has 0 aliphatic carbocycles. The van der Waals surface area contributed by atoms with Gasteiger partial charge >= 0.3 is 5.97 Å². The molecule has 0 unspecified atom stereocenters. The van der Waals surface area contributed by atoms with Crippen LogP contribution in [0.25, 0.3) is 11.1 Å². The lowest BCUT2D eigenvalue weighted by Crippen LogP contribution is -2.45. The summed E-state index contributed by atoms with van der Waals surface area (Å²) < 4.78 is 11.4. The highest BCUT2D eigenvalue weighted by atomic mass is 16.5. The Balaban J connectivity index is 1.91. The first-order valence-electron chi connectivity index (χ1n) is 12.8. The summed E-state index contributed by atoms with van der Waals surface area (Å²) in [6, 6.07) is 5.44. The van der Waals surface area contributed by atoms with Crippen molar-refractivity contribution < 1.29 is 29.0 Å². The zero-order valence-electron chi connectivity index (χ0n) is 22.0. The Kier molecular flexibility index (Phi) is 9.08. The Morgan fingerprint density at radius 2 is 1.92 bits per heavy atom. The minimum Gasteiger partial charge on any atom is -0.457 e. The summed E-state index contributed by atoms with van der Waals surface area (Å²) in [6.45, 7) is 9.09. The smallest absolute Gasteiger partial charge is 0.309 e. The van der Waals surface area contributed by atoms with Gasteiger partial charge < -0.3 is 25.1 Å². The van der Waals surface area contributed by atoms with Gasteiger partial charge in [-0.05, 0) is 49.8 Å². The first kappa shape index (κ1) is 28.0. The molecule has 3 rings (SSSR count). The Bertz CT molecular complexity index is 1100. The first-order chi connectivity index (χ1) is 16.9. The lowest BCUT2D eigenvalue weighted by Gasteiger charge is -2.34. The van der Waals surface area contributed by atoms with Crippen molar-refractivity contribution in [2.75, 3.05) is 0 Å². The van der Waals surface area contributed by atoms with Gasteiger partial charge in [0.1, 0.15) is 17.4 Å². The van der Waals surface area contributed by atoms with Gasteiger partial charge in [0.15, 0.2) is 5.58 Å². The van der Waals surface area contributed by atoms with Crippen molar-refractivity contribution in [1.82, 2.24) is 4.98 Å². The molecule has 1 aliphatic heterocycles. The highest BCUT2D eigenvalue weighted by Gasteiger charge is 2.42. The lowest BCUT2D eigenvalue weighted by atomic mass is 9.73. The topological polar surface area (TPSA) is 136 Å². The number of hydrogen-bond acceptors (Lipinski definition) is 8. The number of allylic oxidation sites excluding steroid dienone is 1. The third-order valence-electron chi connectivity index (χ3n) is 7.52. The molecule has 0 bridgehead atoms. The highest BCUT2D eigenvalue weighted by Crippen LogP contribution is 2.33. The van der Waals surface area contributed by atoms with Gasteiger partial charge in [-0.2, -0.15) is 0 Å². The van der Waals surface area contributed by atoms with Crippen LogP contribution in [0.5, 0.6) is 0 Å². The molecular formula is C28H40N2O6. The van der Waals surface area contributed by atoms with Crippen LogP contribution in [0.4, 0.5) is 0 Å². The fourth-order valence-corrected chi connectivity index (χ4v) is 4.83. The minimum atomic E-state index is -1.25. The molecule has 5 atom stereocenters. The summed E-state index contributed by atoms with van der Waals surface area (Å²) in [5.74, 6) is -1.17. The predicted molar refractivity (Wildman–Crippen MR) is 137 cm³/mol. The van der Waals surface area contributed by atoms with E-state index in [9.17, 15) is 19.8 Å². The number of benzene rings is 1. The van der Waals surface area contributed by atoms with Crippen LogP contribution in [0.15, 0.2) is 34.3 Å². The van der Waals surface area contributed by atoms with Crippen LogP contribution < -0.4 is 5.73 Å². The molecular weight excluding hydrogens is 460 g/mol. The molecule has 2 heterocycles. The number of aliphatic hydroxyl groups excluding tert-OH is 2. The van der Waals surface area contributed by atoms with E-state index in [1.165, 1.54) is 0 Å². The van der Waals surface area contributed by atoms with Crippen LogP contribution in [0.2, 0.25) is 0 Å². The average Bonchev–Trinajstić information content (AvgIpc) is 3.26. The normalized spacial score (nSPS) is 30.6. The predicted octanol–water partition coefficient (Wildman–Crippen LogP) is 4.37. The summed E-state index contributed by atoms with van der Waals surface area (Å²) in [5.41, 5.74) is 7.57. The molecule has 0 spiro atoms. The second-order valence-corrected chi connectivity index (χ2v) is 10.8. The molecule has 0 amide bonds. The zero-order chi connectivity index (χ0) is 26.6. The molecule has 1 aliphatic rings. The number of carbonyl (C=O) groups excluding carboxylic acids is 2. The molecule has 36 heavy (non-hydrogen) atoms. The third-order valence-corrected chi connectivity index (χ3v) is 7.52. The van der Waals surface area contributed by atoms with E-state index in [-0.39, 0.29) is 24.7 Å². The largest absolute Gasteiger partial charge is 0.457 e. The molecule has 0 radical (unpaired) electrons. The maximum atomic E-state index is 13.2. The Labute approximate surface area is 212 Å². The fraction of sp³-hybridized carbons (Fsp3) is 0.607. The van der Waals surface area contributed by atoms with Crippen molar-refractivity contribution in [3.8, 4) is 0 Å². The number of esters is 1. The molecule has 198 valence electrons. The highest BCUT2D eigenvalue weighted by molar-refractivity contribution is 5.88. The number of nitrogens with zero attached hydrogens (tertiary/aromatic N) is 1. The number of aromatic nitrogens is 1. The van der Waals surface area contributed by atoms with Crippen molar-refractivity contribution in [2.45, 2.75) is 91.6 Å². The molecule has 0 saturated carbocycles. The van der Waals surface area contributed by atoms with Crippen LogP contribution in [-0.4, -0.2) is 39.2 Å². The van der Waals surface area contributed by atoms with Gasteiger partial charge in [-0.15, -0.1) is 0 Å². The summed E-state index contributed by atoms with van der Waals surface area (Å²) in [6.07, 6.45) is 2.01. The Morgan fingerprint density at radius 1 is 1.19 bits per heavy atom. The minimum absolute atomic E-state index is 0.0667. The van der Waals surface area contributed by atoms with Crippen molar-refractivity contribution in [2.24, 2.45) is 23.0 Å². The van der Waals surface area contributed by atoms with Crippen LogP contribution in [0.1, 0.15) is 84.3 Å². The number of ether oxygens (including phenoxy) is 1. The summed E-state index contributed by atoms with van der Waals surface area (Å²) >= 11 is 0. The van der Waals surface area contributed by atoms with Crippen LogP contribution in [0, 0.1) is 17.3 Å². The number of carbonyl (C=O) groups is 2. The average molecular weight is 501 g/mol. The van der Waals surface area contributed by atoms with Crippen molar-refractivity contribution >= 4 is 22.9 Å². The third kappa shape index (κ3) is 6.41. The lowest BCUT2D eigenvalue weighted by molar-refractivity contribution is -0.155. The summed E-state index contributed by atoms with van der Waals surface area (Å²) in [4.78, 5) is 30.5. The second-order valence-electron chi connectivity index (χ2n) is 10.8. The van der Waals surface area contributed by atoms with E-state index >= 15 is 0 Å². The zero-order valence-corrected chi connectivity index (χ0v) is 22.0. The number of ketones is 1. The van der Waals surface area contributed by atoms with E-state index in [0.29, 0.717) is 23.4 Å². The van der Waals surface area contributed by atoms with Crippen LogP contribution >= 0.6 is 0 Å². The summed E-state index contributed by atoms with van der Waals surface area (Å²) in [5, 5.41) is 21.7. The standard InChI is InChI=1S/C28H40N2O6/c1-16-7-6-8-17(2)26(33)18(3)27(34)28(4,5)23(31)14-25(32)36-21(11-9-16)19-10-12-22-20(13-19)30-24(15-29)35-22/h9-10,12-13,17-18,21,23,26,31,33H,6-8,11,14-15,29H2,1-5H3/b16-9+/t17-,18+,21-,23-,26-/m0/s1. The number of fused-ring (bicyclic) bond motifs is 1. The van der Waals surface area contributed by atoms with Gasteiger partial charge in [0, 0.05) is 12.3 Å². The maximum absolute atomic E-state index is 13.2. The Hall–Kier alpha value is -2.55. The van der Waals surface area contributed by atoms with Crippen molar-refractivity contribution in [1.29, 1.82) is 0 Å². The number of cyclic esters (lactones) is 1. The van der Waals surface area contributed by atoms with Gasteiger partial charge in [-0.25, -0.2) is 4.98 Å². The number of oxazole rings is 1. The summed E-state index contributed by atoms with van der Waals surface area (Å²) in [7, 11) is 0. The van der Waals surface area contributed by atoms with E-state index in [1.807, 2.05) is 26.0 Å². The molecule has 8 heteroatoms. The molecule has 8 nitrogen and oxygen atoms in total. The van der Waals surface area contributed by atoms with E-state index in [0.717, 1.165) is 30.4 Å². The van der Waals surface area contributed by atoms with Gasteiger partial charge in [-0.3, -0.25) is 9.59 Å². The molecule has 1 aromatic carbocycles. The van der Waals surface area contributed by atoms with Gasteiger partial charge in [0.25, 0.3) is 0 Å². The van der Waals surface area contributed by atoms with E-state index in [4.69, 9.17) is 14.9 Å². The molecule has 0 fully saturated rings. The van der Waals surface area contributed by atoms with E-state index in [2.05, 4.69) is 11.1 Å².